The summed E-state index contributed by atoms with van der Waals surface area (Å²) >= 11 is 1.22. The van der Waals surface area contributed by atoms with E-state index in [0.717, 1.165) is 22.3 Å². The number of carbonyl (C=O) groups is 1. The summed E-state index contributed by atoms with van der Waals surface area (Å²) in [6, 6.07) is 8.31. The lowest BCUT2D eigenvalue weighted by Gasteiger charge is -2.11. The number of fused-ring (bicyclic) bond motifs is 2. The van der Waals surface area contributed by atoms with Crippen molar-refractivity contribution in [3.63, 3.8) is 0 Å². The van der Waals surface area contributed by atoms with Crippen molar-refractivity contribution in [3.05, 3.63) is 96.5 Å². The molecule has 0 atom stereocenters. The standard InChI is InChI=1S/C23H15F2N3O4S/c1-11-5-6-18-12(7-11)19(28-21(29)14-9-33-10-17(14)26-23(28)32)20(22(30)31)27(18)8-13-15(24)3-2-4-16(13)25/h2-7,9-10H,8H2,1H3,(H,26,32)(H,30,31). The Kier molecular flexibility index (Phi) is 4.75. The number of aryl methyl sites for hydroxylation is 1. The fourth-order valence-corrected chi connectivity index (χ4v) is 4.80. The molecule has 0 amide bonds. The van der Waals surface area contributed by atoms with E-state index in [1.807, 2.05) is 0 Å². The van der Waals surface area contributed by atoms with Crippen LogP contribution in [0.5, 0.6) is 0 Å². The Hall–Kier alpha value is -4.05. The van der Waals surface area contributed by atoms with Gasteiger partial charge >= 0.3 is 11.7 Å². The number of rotatable bonds is 4. The number of hydrogen-bond donors (Lipinski definition) is 2. The van der Waals surface area contributed by atoms with Gasteiger partial charge in [-0.25, -0.2) is 22.9 Å². The topological polar surface area (TPSA) is 97.1 Å². The summed E-state index contributed by atoms with van der Waals surface area (Å²) in [7, 11) is 0. The molecular weight excluding hydrogens is 452 g/mol. The average Bonchev–Trinajstić information content (AvgIpc) is 3.34. The number of carboxylic acid groups (broad SMARTS) is 1. The number of nitrogens with one attached hydrogen (secondary N) is 1. The van der Waals surface area contributed by atoms with E-state index in [0.29, 0.717) is 16.4 Å². The van der Waals surface area contributed by atoms with E-state index in [1.54, 1.807) is 35.9 Å². The fraction of sp³-hybridized carbons (Fsp3) is 0.0870. The Morgan fingerprint density at radius 1 is 1.09 bits per heavy atom. The van der Waals surface area contributed by atoms with Crippen LogP contribution in [0.15, 0.2) is 56.7 Å². The van der Waals surface area contributed by atoms with Crippen molar-refractivity contribution >= 4 is 39.1 Å². The zero-order chi connectivity index (χ0) is 23.4. The second kappa shape index (κ2) is 7.52. The number of aromatic carboxylic acids is 1. The first kappa shape index (κ1) is 20.8. The molecule has 5 aromatic rings. The van der Waals surface area contributed by atoms with Gasteiger partial charge in [0.2, 0.25) is 0 Å². The molecule has 33 heavy (non-hydrogen) atoms. The van der Waals surface area contributed by atoms with Gasteiger partial charge in [0.1, 0.15) is 11.6 Å². The van der Waals surface area contributed by atoms with Gasteiger partial charge in [-0.2, -0.15) is 0 Å². The minimum Gasteiger partial charge on any atom is -0.477 e. The van der Waals surface area contributed by atoms with Gasteiger partial charge in [0, 0.05) is 21.7 Å². The Morgan fingerprint density at radius 3 is 2.52 bits per heavy atom. The van der Waals surface area contributed by atoms with Crippen molar-refractivity contribution < 1.29 is 18.7 Å². The average molecular weight is 467 g/mol. The summed E-state index contributed by atoms with van der Waals surface area (Å²) in [5.74, 6) is -3.12. The molecule has 0 aliphatic carbocycles. The number of benzene rings is 2. The summed E-state index contributed by atoms with van der Waals surface area (Å²) < 4.78 is 30.8. The summed E-state index contributed by atoms with van der Waals surface area (Å²) in [6.07, 6.45) is 0. The summed E-state index contributed by atoms with van der Waals surface area (Å²) in [5, 5.41) is 13.8. The van der Waals surface area contributed by atoms with Crippen molar-refractivity contribution in [1.29, 1.82) is 0 Å². The highest BCUT2D eigenvalue weighted by molar-refractivity contribution is 7.09. The summed E-state index contributed by atoms with van der Waals surface area (Å²) in [6.45, 7) is 1.32. The van der Waals surface area contributed by atoms with Crippen LogP contribution in [-0.2, 0) is 6.54 Å². The zero-order valence-corrected chi connectivity index (χ0v) is 17.9. The molecule has 166 valence electrons. The van der Waals surface area contributed by atoms with Gasteiger partial charge < -0.3 is 14.7 Å². The minimum absolute atomic E-state index is 0.155. The number of nitrogens with zero attached hydrogens (tertiary/aromatic N) is 2. The molecule has 0 radical (unpaired) electrons. The van der Waals surface area contributed by atoms with Crippen LogP contribution in [0.4, 0.5) is 8.78 Å². The van der Waals surface area contributed by atoms with E-state index in [2.05, 4.69) is 4.98 Å². The lowest BCUT2D eigenvalue weighted by atomic mass is 10.1. The van der Waals surface area contributed by atoms with E-state index < -0.39 is 41.1 Å². The third kappa shape index (κ3) is 3.18. The van der Waals surface area contributed by atoms with E-state index in [-0.39, 0.29) is 16.6 Å². The van der Waals surface area contributed by atoms with Gasteiger partial charge in [0.05, 0.1) is 28.7 Å². The van der Waals surface area contributed by atoms with Gasteiger partial charge in [-0.1, -0.05) is 17.7 Å². The van der Waals surface area contributed by atoms with Gasteiger partial charge in [-0.15, -0.1) is 11.3 Å². The summed E-state index contributed by atoms with van der Waals surface area (Å²) in [5.41, 5.74) is -1.02. The maximum absolute atomic E-state index is 14.4. The number of H-pyrrole nitrogens is 1. The molecular formula is C23H15F2N3O4S. The zero-order valence-electron chi connectivity index (χ0n) is 17.1. The first-order chi connectivity index (χ1) is 15.8. The molecule has 3 aromatic heterocycles. The Labute approximate surface area is 187 Å². The van der Waals surface area contributed by atoms with E-state index in [9.17, 15) is 28.3 Å². The summed E-state index contributed by atoms with van der Waals surface area (Å²) in [4.78, 5) is 41.2. The SMILES string of the molecule is Cc1ccc2c(c1)c(-n1c(=O)[nH]c3cscc3c1=O)c(C(=O)O)n2Cc1c(F)cccc1F. The molecule has 10 heteroatoms. The number of thiophene rings is 1. The van der Waals surface area contributed by atoms with Crippen LogP contribution in [0.2, 0.25) is 0 Å². The maximum atomic E-state index is 14.4. The second-order valence-electron chi connectivity index (χ2n) is 7.58. The van der Waals surface area contributed by atoms with Crippen LogP contribution in [0.25, 0.3) is 27.5 Å². The first-order valence-corrected chi connectivity index (χ1v) is 10.7. The van der Waals surface area contributed by atoms with Gasteiger partial charge in [-0.05, 0) is 31.2 Å². The minimum atomic E-state index is -1.45. The van der Waals surface area contributed by atoms with Crippen LogP contribution in [0.3, 0.4) is 0 Å². The Bertz CT molecular complexity index is 1690. The van der Waals surface area contributed by atoms with Gasteiger partial charge in [0.15, 0.2) is 5.69 Å². The highest BCUT2D eigenvalue weighted by Gasteiger charge is 2.27. The third-order valence-electron chi connectivity index (χ3n) is 5.54. The van der Waals surface area contributed by atoms with Gasteiger partial charge in [0.25, 0.3) is 5.56 Å². The van der Waals surface area contributed by atoms with E-state index in [1.165, 1.54) is 22.0 Å². The predicted octanol–water partition coefficient (Wildman–Crippen LogP) is 4.03. The van der Waals surface area contributed by atoms with Crippen LogP contribution in [0.1, 0.15) is 21.6 Å². The first-order valence-electron chi connectivity index (χ1n) is 9.78. The lowest BCUT2D eigenvalue weighted by Crippen LogP contribution is -2.34. The van der Waals surface area contributed by atoms with Crippen molar-refractivity contribution in [2.24, 2.45) is 0 Å². The number of hydrogen-bond acceptors (Lipinski definition) is 4. The van der Waals surface area contributed by atoms with Crippen molar-refractivity contribution in [1.82, 2.24) is 14.1 Å². The molecule has 0 saturated carbocycles. The van der Waals surface area contributed by atoms with Crippen molar-refractivity contribution in [2.75, 3.05) is 0 Å². The van der Waals surface area contributed by atoms with E-state index >= 15 is 0 Å². The molecule has 0 spiro atoms. The van der Waals surface area contributed by atoms with Crippen LogP contribution in [-0.4, -0.2) is 25.2 Å². The number of aromatic nitrogens is 3. The van der Waals surface area contributed by atoms with Crippen LogP contribution in [0, 0.1) is 18.6 Å². The largest absolute Gasteiger partial charge is 0.477 e. The quantitative estimate of drug-likeness (QED) is 0.417. The highest BCUT2D eigenvalue weighted by atomic mass is 32.1. The second-order valence-corrected chi connectivity index (χ2v) is 8.32. The molecule has 3 heterocycles. The van der Waals surface area contributed by atoms with Crippen LogP contribution >= 0.6 is 11.3 Å². The Balaban J connectivity index is 1.93. The molecule has 0 bridgehead atoms. The predicted molar refractivity (Wildman–Crippen MR) is 121 cm³/mol. The van der Waals surface area contributed by atoms with Crippen molar-refractivity contribution in [2.45, 2.75) is 13.5 Å². The lowest BCUT2D eigenvalue weighted by molar-refractivity contribution is 0.0686. The van der Waals surface area contributed by atoms with E-state index in [4.69, 9.17) is 0 Å². The van der Waals surface area contributed by atoms with Crippen LogP contribution < -0.4 is 11.2 Å². The monoisotopic (exact) mass is 467 g/mol. The molecule has 7 nitrogen and oxygen atoms in total. The molecule has 0 fully saturated rings. The molecule has 0 aliphatic rings. The highest BCUT2D eigenvalue weighted by Crippen LogP contribution is 2.31. The van der Waals surface area contributed by atoms with Gasteiger partial charge in [-0.3, -0.25) is 4.79 Å². The maximum Gasteiger partial charge on any atom is 0.354 e. The smallest absolute Gasteiger partial charge is 0.354 e. The van der Waals surface area contributed by atoms with Crippen molar-refractivity contribution in [3.8, 4) is 5.69 Å². The fourth-order valence-electron chi connectivity index (χ4n) is 4.05. The molecule has 2 N–H and O–H groups in total. The molecule has 0 saturated heterocycles. The Morgan fingerprint density at radius 2 is 1.82 bits per heavy atom. The number of carboxylic acids is 1. The molecule has 0 aliphatic heterocycles. The number of aromatic amines is 1. The third-order valence-corrected chi connectivity index (χ3v) is 6.28. The number of halogens is 2. The molecule has 2 aromatic carbocycles. The molecule has 5 rings (SSSR count). The normalized spacial score (nSPS) is 11.5. The molecule has 0 unspecified atom stereocenters.